The monoisotopic (exact) mass is 398 g/mol. The number of benzene rings is 1. The molecular weight excluding hydrogens is 375 g/mol. The third-order valence-electron chi connectivity index (χ3n) is 4.01. The summed E-state index contributed by atoms with van der Waals surface area (Å²) in [6.45, 7) is 4.74. The lowest BCUT2D eigenvalue weighted by Crippen LogP contribution is -2.35. The van der Waals surface area contributed by atoms with Crippen LogP contribution in [0.3, 0.4) is 0 Å². The van der Waals surface area contributed by atoms with Gasteiger partial charge in [0, 0.05) is 43.6 Å². The van der Waals surface area contributed by atoms with Gasteiger partial charge in [-0.25, -0.2) is 0 Å². The van der Waals surface area contributed by atoms with Crippen molar-refractivity contribution in [1.82, 2.24) is 9.88 Å². The molecule has 0 unspecified atom stereocenters. The molecule has 0 bridgehead atoms. The fourth-order valence-corrected chi connectivity index (χ4v) is 2.65. The maximum atomic E-state index is 12.3. The molecule has 1 saturated heterocycles. The van der Waals surface area contributed by atoms with Gasteiger partial charge in [-0.1, -0.05) is 12.1 Å². The number of hydrogen-bond acceptors (Lipinski definition) is 5. The van der Waals surface area contributed by atoms with Crippen LogP contribution >= 0.6 is 24.8 Å². The molecule has 1 aromatic heterocycles. The highest BCUT2D eigenvalue weighted by molar-refractivity contribution is 6.04. The molecule has 8 heteroatoms. The molecule has 1 fully saturated rings. The molecular formula is C18H24Cl2N4O2. The van der Waals surface area contributed by atoms with Crippen molar-refractivity contribution in [2.75, 3.05) is 31.6 Å². The van der Waals surface area contributed by atoms with Crippen LogP contribution in [-0.2, 0) is 17.8 Å². The number of halogens is 2. The van der Waals surface area contributed by atoms with E-state index in [4.69, 9.17) is 10.5 Å². The second kappa shape index (κ2) is 11.1. The van der Waals surface area contributed by atoms with Crippen molar-refractivity contribution >= 4 is 36.4 Å². The Balaban J connectivity index is 0.00000169. The zero-order valence-electron chi connectivity index (χ0n) is 14.4. The third kappa shape index (κ3) is 6.23. The van der Waals surface area contributed by atoms with Crippen molar-refractivity contribution in [3.05, 3.63) is 59.4 Å². The van der Waals surface area contributed by atoms with Gasteiger partial charge in [-0.3, -0.25) is 14.7 Å². The minimum Gasteiger partial charge on any atom is -0.379 e. The van der Waals surface area contributed by atoms with Crippen LogP contribution in [0.5, 0.6) is 0 Å². The highest BCUT2D eigenvalue weighted by atomic mass is 35.5. The highest BCUT2D eigenvalue weighted by Gasteiger charge is 2.11. The van der Waals surface area contributed by atoms with Crippen LogP contribution in [0.4, 0.5) is 5.69 Å². The Bertz CT molecular complexity index is 692. The lowest BCUT2D eigenvalue weighted by atomic mass is 10.1. The van der Waals surface area contributed by atoms with E-state index in [1.807, 2.05) is 24.3 Å². The fraction of sp³-hybridized carbons (Fsp3) is 0.333. The Morgan fingerprint density at radius 3 is 2.50 bits per heavy atom. The zero-order chi connectivity index (χ0) is 16.8. The molecule has 2 heterocycles. The summed E-state index contributed by atoms with van der Waals surface area (Å²) in [6, 6.07) is 11.3. The fourth-order valence-electron chi connectivity index (χ4n) is 2.65. The predicted molar refractivity (Wildman–Crippen MR) is 107 cm³/mol. The van der Waals surface area contributed by atoms with Gasteiger partial charge < -0.3 is 15.8 Å². The number of hydrogen-bond donors (Lipinski definition) is 2. The van der Waals surface area contributed by atoms with Crippen LogP contribution in [0.25, 0.3) is 0 Å². The van der Waals surface area contributed by atoms with Crippen LogP contribution in [0.2, 0.25) is 0 Å². The summed E-state index contributed by atoms with van der Waals surface area (Å²) < 4.78 is 5.36. The number of nitrogens with two attached hydrogens (primary N) is 1. The second-order valence-electron chi connectivity index (χ2n) is 5.78. The molecule has 1 aliphatic heterocycles. The van der Waals surface area contributed by atoms with E-state index in [-0.39, 0.29) is 30.7 Å². The Labute approximate surface area is 165 Å². The number of nitrogens with one attached hydrogen (secondary N) is 1. The minimum atomic E-state index is -0.159. The van der Waals surface area contributed by atoms with Crippen LogP contribution in [-0.4, -0.2) is 42.1 Å². The largest absolute Gasteiger partial charge is 0.379 e. The van der Waals surface area contributed by atoms with E-state index in [0.717, 1.165) is 38.5 Å². The molecule has 0 radical (unpaired) electrons. The molecule has 0 aliphatic carbocycles. The molecule has 6 nitrogen and oxygen atoms in total. The molecule has 0 saturated carbocycles. The minimum absolute atomic E-state index is 0. The summed E-state index contributed by atoms with van der Waals surface area (Å²) in [4.78, 5) is 18.7. The van der Waals surface area contributed by atoms with Crippen LogP contribution < -0.4 is 11.1 Å². The van der Waals surface area contributed by atoms with Crippen LogP contribution in [0.15, 0.2) is 42.6 Å². The molecule has 0 spiro atoms. The lowest BCUT2D eigenvalue weighted by molar-refractivity contribution is 0.0342. The molecule has 1 amide bonds. The average molecular weight is 399 g/mol. The number of ether oxygens (including phenoxy) is 1. The summed E-state index contributed by atoms with van der Waals surface area (Å²) in [5, 5.41) is 2.90. The van der Waals surface area contributed by atoms with E-state index in [0.29, 0.717) is 17.8 Å². The van der Waals surface area contributed by atoms with Gasteiger partial charge in [-0.05, 0) is 29.8 Å². The number of carbonyl (C=O) groups is 1. The number of rotatable bonds is 5. The van der Waals surface area contributed by atoms with Gasteiger partial charge in [0.25, 0.3) is 5.91 Å². The molecule has 1 aliphatic rings. The number of aromatic nitrogens is 1. The lowest BCUT2D eigenvalue weighted by Gasteiger charge is -2.26. The van der Waals surface area contributed by atoms with Crippen LogP contribution in [0, 0.1) is 0 Å². The van der Waals surface area contributed by atoms with Crippen molar-refractivity contribution in [2.24, 2.45) is 5.73 Å². The van der Waals surface area contributed by atoms with Gasteiger partial charge in [0.2, 0.25) is 0 Å². The van der Waals surface area contributed by atoms with Crippen molar-refractivity contribution < 1.29 is 9.53 Å². The average Bonchev–Trinajstić information content (AvgIpc) is 2.64. The summed E-state index contributed by atoms with van der Waals surface area (Å²) in [6.07, 6.45) is 1.60. The first-order chi connectivity index (χ1) is 11.7. The van der Waals surface area contributed by atoms with E-state index in [2.05, 4.69) is 15.2 Å². The van der Waals surface area contributed by atoms with E-state index in [9.17, 15) is 4.79 Å². The smallest absolute Gasteiger partial charge is 0.255 e. The predicted octanol–water partition coefficient (Wildman–Crippen LogP) is 2.47. The van der Waals surface area contributed by atoms with Crippen LogP contribution in [0.1, 0.15) is 21.6 Å². The van der Waals surface area contributed by atoms with Gasteiger partial charge in [0.1, 0.15) is 0 Å². The maximum absolute atomic E-state index is 12.3. The first kappa shape index (κ1) is 22.3. The van der Waals surface area contributed by atoms with E-state index in [1.165, 1.54) is 5.56 Å². The molecule has 26 heavy (non-hydrogen) atoms. The molecule has 3 N–H and O–H groups in total. The Morgan fingerprint density at radius 1 is 1.15 bits per heavy atom. The van der Waals surface area contributed by atoms with Crippen molar-refractivity contribution in [2.45, 2.75) is 13.1 Å². The van der Waals surface area contributed by atoms with Gasteiger partial charge in [0.15, 0.2) is 0 Å². The van der Waals surface area contributed by atoms with Gasteiger partial charge in [-0.15, -0.1) is 24.8 Å². The third-order valence-corrected chi connectivity index (χ3v) is 4.01. The van der Waals surface area contributed by atoms with Crippen molar-refractivity contribution in [3.63, 3.8) is 0 Å². The van der Waals surface area contributed by atoms with Gasteiger partial charge >= 0.3 is 0 Å². The molecule has 3 rings (SSSR count). The summed E-state index contributed by atoms with van der Waals surface area (Å²) in [5.41, 5.74) is 8.82. The van der Waals surface area contributed by atoms with E-state index < -0.39 is 0 Å². The Morgan fingerprint density at radius 2 is 1.85 bits per heavy atom. The van der Waals surface area contributed by atoms with Crippen molar-refractivity contribution in [1.29, 1.82) is 0 Å². The molecule has 1 aromatic carbocycles. The summed E-state index contributed by atoms with van der Waals surface area (Å²) in [5.74, 6) is -0.159. The van der Waals surface area contributed by atoms with E-state index >= 15 is 0 Å². The Kier molecular flexibility index (Phi) is 9.54. The highest BCUT2D eigenvalue weighted by Crippen LogP contribution is 2.14. The number of amides is 1. The Hall–Kier alpha value is -1.70. The first-order valence-electron chi connectivity index (χ1n) is 8.10. The maximum Gasteiger partial charge on any atom is 0.255 e. The molecule has 2 aromatic rings. The number of morpholine rings is 1. The quantitative estimate of drug-likeness (QED) is 0.808. The number of carbonyl (C=O) groups excluding carboxylic acids is 1. The number of anilines is 1. The second-order valence-corrected chi connectivity index (χ2v) is 5.78. The molecule has 142 valence electrons. The molecule has 0 atom stereocenters. The van der Waals surface area contributed by atoms with Gasteiger partial charge in [-0.2, -0.15) is 0 Å². The number of nitrogens with zero attached hydrogens (tertiary/aromatic N) is 2. The first-order valence-corrected chi connectivity index (χ1v) is 8.10. The normalized spacial score (nSPS) is 14.0. The van der Waals surface area contributed by atoms with E-state index in [1.54, 1.807) is 18.3 Å². The summed E-state index contributed by atoms with van der Waals surface area (Å²) in [7, 11) is 0. The number of pyridine rings is 1. The standard InChI is InChI=1S/C18H22N4O2.2ClH/c19-12-17-11-15(5-6-20-17)18(23)21-16-3-1-14(2-4-16)13-22-7-9-24-10-8-22;;/h1-6,11H,7-10,12-13,19H2,(H,21,23);2*1H. The zero-order valence-corrected chi connectivity index (χ0v) is 16.0. The SMILES string of the molecule is Cl.Cl.NCc1cc(C(=O)Nc2ccc(CN3CCOCC3)cc2)ccn1. The van der Waals surface area contributed by atoms with Crippen molar-refractivity contribution in [3.8, 4) is 0 Å². The summed E-state index contributed by atoms with van der Waals surface area (Å²) >= 11 is 0. The topological polar surface area (TPSA) is 80.5 Å². The van der Waals surface area contributed by atoms with Gasteiger partial charge in [0.05, 0.1) is 18.9 Å².